The van der Waals surface area contributed by atoms with Crippen molar-refractivity contribution in [1.29, 1.82) is 0 Å². The van der Waals surface area contributed by atoms with Crippen molar-refractivity contribution in [2.75, 3.05) is 0 Å². The van der Waals surface area contributed by atoms with E-state index in [1.807, 2.05) is 6.08 Å². The predicted octanol–water partition coefficient (Wildman–Crippen LogP) is 6.79. The molecule has 1 nitrogen and oxygen atoms in total. The number of aliphatic hydroxyl groups excluding tert-OH is 1. The summed E-state index contributed by atoms with van der Waals surface area (Å²) >= 11 is 0. The van der Waals surface area contributed by atoms with Crippen LogP contribution in [0.4, 0.5) is 0 Å². The number of unbranched alkanes of at least 4 members (excludes halogenated alkanes) is 8. The zero-order valence-corrected chi connectivity index (χ0v) is 17.4. The molecule has 1 N–H and O–H groups in total. The third-order valence-electron chi connectivity index (χ3n) is 5.30. The molecule has 2 atom stereocenters. The van der Waals surface area contributed by atoms with Crippen LogP contribution < -0.4 is 0 Å². The third kappa shape index (κ3) is 11.1. The molecule has 0 amide bonds. The SMILES string of the molecule is CCCCCCCC[C@H]1CCC[C@@H]1CCCCCC=CO.[Na]. The molecule has 0 aromatic carbocycles. The molecule has 1 radical (unpaired) electrons. The van der Waals surface area contributed by atoms with Gasteiger partial charge in [0.05, 0.1) is 6.26 Å². The summed E-state index contributed by atoms with van der Waals surface area (Å²) in [6, 6.07) is 0. The van der Waals surface area contributed by atoms with Gasteiger partial charge in [-0.2, -0.15) is 0 Å². The summed E-state index contributed by atoms with van der Waals surface area (Å²) in [5.41, 5.74) is 0. The Kier molecular flexibility index (Phi) is 16.8. The first-order valence-corrected chi connectivity index (χ1v) is 9.67. The standard InChI is InChI=1S/C20H38O.Na/c1-2-3-4-5-7-10-14-19-16-13-17-20(19)15-11-8-6-9-12-18-21;/h12,18-21H,2-11,13-17H2,1H3;/t19-,20-;/m0./s1. The average molecular weight is 318 g/mol. The Morgan fingerprint density at radius 2 is 1.36 bits per heavy atom. The van der Waals surface area contributed by atoms with Crippen molar-refractivity contribution < 1.29 is 5.11 Å². The topological polar surface area (TPSA) is 20.2 Å². The van der Waals surface area contributed by atoms with Gasteiger partial charge in [0, 0.05) is 29.6 Å². The molecule has 1 fully saturated rings. The molecular weight excluding hydrogens is 279 g/mol. The predicted molar refractivity (Wildman–Crippen MR) is 99.4 cm³/mol. The van der Waals surface area contributed by atoms with Crippen LogP contribution in [-0.4, -0.2) is 34.7 Å². The van der Waals surface area contributed by atoms with E-state index in [9.17, 15) is 0 Å². The summed E-state index contributed by atoms with van der Waals surface area (Å²) in [6.45, 7) is 2.29. The Balaban J connectivity index is 0.00000441. The van der Waals surface area contributed by atoms with Gasteiger partial charge >= 0.3 is 0 Å². The normalized spacial score (nSPS) is 21.3. The van der Waals surface area contributed by atoms with Crippen molar-refractivity contribution in [3.05, 3.63) is 12.3 Å². The van der Waals surface area contributed by atoms with E-state index >= 15 is 0 Å². The molecular formula is C20H38NaO. The summed E-state index contributed by atoms with van der Waals surface area (Å²) in [4.78, 5) is 0. The van der Waals surface area contributed by atoms with Crippen molar-refractivity contribution in [2.45, 2.75) is 103 Å². The maximum atomic E-state index is 8.60. The summed E-state index contributed by atoms with van der Waals surface area (Å²) in [5.74, 6) is 2.09. The first-order valence-electron chi connectivity index (χ1n) is 9.67. The van der Waals surface area contributed by atoms with E-state index in [2.05, 4.69) is 6.92 Å². The van der Waals surface area contributed by atoms with E-state index in [-0.39, 0.29) is 29.6 Å². The van der Waals surface area contributed by atoms with Gasteiger partial charge < -0.3 is 5.11 Å². The van der Waals surface area contributed by atoms with Crippen LogP contribution in [0.1, 0.15) is 103 Å². The monoisotopic (exact) mass is 317 g/mol. The minimum atomic E-state index is 0. The van der Waals surface area contributed by atoms with Gasteiger partial charge in [-0.05, 0) is 24.7 Å². The molecule has 0 aliphatic heterocycles. The second-order valence-electron chi connectivity index (χ2n) is 7.03. The van der Waals surface area contributed by atoms with Gasteiger partial charge in [0.25, 0.3) is 0 Å². The zero-order valence-electron chi connectivity index (χ0n) is 15.4. The fourth-order valence-electron chi connectivity index (χ4n) is 3.98. The maximum Gasteiger partial charge on any atom is 0.0751 e. The van der Waals surface area contributed by atoms with E-state index in [0.29, 0.717) is 0 Å². The van der Waals surface area contributed by atoms with Crippen LogP contribution in [0.15, 0.2) is 12.3 Å². The Hall–Kier alpha value is 0.540. The van der Waals surface area contributed by atoms with Gasteiger partial charge in [-0.15, -0.1) is 0 Å². The summed E-state index contributed by atoms with van der Waals surface area (Å²) in [7, 11) is 0. The summed E-state index contributed by atoms with van der Waals surface area (Å²) < 4.78 is 0. The van der Waals surface area contributed by atoms with Gasteiger partial charge in [0.15, 0.2) is 0 Å². The van der Waals surface area contributed by atoms with Gasteiger partial charge in [-0.3, -0.25) is 0 Å². The van der Waals surface area contributed by atoms with Crippen LogP contribution >= 0.6 is 0 Å². The maximum absolute atomic E-state index is 8.60. The van der Waals surface area contributed by atoms with Crippen molar-refractivity contribution in [3.8, 4) is 0 Å². The third-order valence-corrected chi connectivity index (χ3v) is 5.30. The molecule has 0 spiro atoms. The summed E-state index contributed by atoms with van der Waals surface area (Å²) in [5, 5.41) is 8.60. The molecule has 125 valence electrons. The molecule has 0 aromatic rings. The molecule has 1 rings (SSSR count). The van der Waals surface area contributed by atoms with Crippen LogP contribution in [0.5, 0.6) is 0 Å². The van der Waals surface area contributed by atoms with Crippen LogP contribution in [0.3, 0.4) is 0 Å². The van der Waals surface area contributed by atoms with E-state index in [1.165, 1.54) is 96.2 Å². The molecule has 1 aliphatic carbocycles. The first-order chi connectivity index (χ1) is 10.4. The van der Waals surface area contributed by atoms with Crippen LogP contribution in [-0.2, 0) is 0 Å². The Labute approximate surface area is 161 Å². The van der Waals surface area contributed by atoms with Crippen molar-refractivity contribution >= 4 is 29.6 Å². The number of allylic oxidation sites excluding steroid dienone is 1. The van der Waals surface area contributed by atoms with E-state index in [0.717, 1.165) is 18.3 Å². The van der Waals surface area contributed by atoms with Crippen molar-refractivity contribution in [2.24, 2.45) is 11.8 Å². The molecule has 0 unspecified atom stereocenters. The van der Waals surface area contributed by atoms with Crippen molar-refractivity contribution in [1.82, 2.24) is 0 Å². The minimum absolute atomic E-state index is 0. The van der Waals surface area contributed by atoms with Crippen LogP contribution in [0.25, 0.3) is 0 Å². The molecule has 0 aromatic heterocycles. The quantitative estimate of drug-likeness (QED) is 0.225. The molecule has 0 bridgehead atoms. The molecule has 0 heterocycles. The molecule has 0 saturated heterocycles. The van der Waals surface area contributed by atoms with Crippen LogP contribution in [0.2, 0.25) is 0 Å². The zero-order chi connectivity index (χ0) is 15.2. The smallest absolute Gasteiger partial charge is 0.0751 e. The minimum Gasteiger partial charge on any atom is -0.516 e. The van der Waals surface area contributed by atoms with Crippen molar-refractivity contribution in [3.63, 3.8) is 0 Å². The molecule has 1 aliphatic rings. The molecule has 1 saturated carbocycles. The number of aliphatic hydroxyl groups is 1. The van der Waals surface area contributed by atoms with Gasteiger partial charge in [-0.1, -0.05) is 96.5 Å². The van der Waals surface area contributed by atoms with E-state index in [4.69, 9.17) is 5.11 Å². The largest absolute Gasteiger partial charge is 0.516 e. The first kappa shape index (κ1) is 22.5. The Bertz CT molecular complexity index is 252. The van der Waals surface area contributed by atoms with Crippen LogP contribution in [0, 0.1) is 11.8 Å². The average Bonchev–Trinajstić information content (AvgIpc) is 2.94. The van der Waals surface area contributed by atoms with E-state index < -0.39 is 0 Å². The number of rotatable bonds is 13. The van der Waals surface area contributed by atoms with Gasteiger partial charge in [-0.25, -0.2) is 0 Å². The molecule has 2 heteroatoms. The second-order valence-corrected chi connectivity index (χ2v) is 7.03. The Morgan fingerprint density at radius 3 is 1.95 bits per heavy atom. The number of hydrogen-bond acceptors (Lipinski definition) is 1. The summed E-state index contributed by atoms with van der Waals surface area (Å²) in [6.07, 6.45) is 24.2. The Morgan fingerprint density at radius 1 is 0.818 bits per heavy atom. The van der Waals surface area contributed by atoms with Gasteiger partial charge in [0.2, 0.25) is 0 Å². The fraction of sp³-hybridized carbons (Fsp3) is 0.900. The van der Waals surface area contributed by atoms with Gasteiger partial charge in [0.1, 0.15) is 0 Å². The number of hydrogen-bond donors (Lipinski definition) is 1. The van der Waals surface area contributed by atoms with E-state index in [1.54, 1.807) is 0 Å². The molecule has 22 heavy (non-hydrogen) atoms. The fourth-order valence-corrected chi connectivity index (χ4v) is 3.98. The second kappa shape index (κ2) is 16.4.